The Balaban J connectivity index is 2.44. The van der Waals surface area contributed by atoms with Gasteiger partial charge in [-0.2, -0.15) is 0 Å². The number of nitrogens with one attached hydrogen (secondary N) is 2. The van der Waals surface area contributed by atoms with Gasteiger partial charge in [0.1, 0.15) is 6.04 Å². The number of benzene rings is 2. The number of amides is 2. The standard InChI is InChI=1S/C18H18ClF2N3O4S/c1-22-18(26)16(10-4-7-14(20)15(21)8-10)23-17(25)12-9-11(5-6-13(12)19)29(27,28)24(2)3/h4-9,16H,1-3H3,(H,22,26)(H,23,25). The second kappa shape index (κ2) is 8.85. The van der Waals surface area contributed by atoms with Crippen LogP contribution in [0, 0.1) is 11.6 Å². The Morgan fingerprint density at radius 1 is 1.07 bits per heavy atom. The summed E-state index contributed by atoms with van der Waals surface area (Å²) in [6.45, 7) is 0. The van der Waals surface area contributed by atoms with E-state index in [1.54, 1.807) is 0 Å². The predicted octanol–water partition coefficient (Wildman–Crippen LogP) is 2.09. The van der Waals surface area contributed by atoms with Gasteiger partial charge in [-0.15, -0.1) is 0 Å². The zero-order chi connectivity index (χ0) is 21.9. The second-order valence-electron chi connectivity index (χ2n) is 6.12. The Labute approximate surface area is 171 Å². The molecule has 29 heavy (non-hydrogen) atoms. The van der Waals surface area contributed by atoms with Crippen molar-refractivity contribution in [3.05, 3.63) is 64.2 Å². The highest BCUT2D eigenvalue weighted by atomic mass is 35.5. The van der Waals surface area contributed by atoms with E-state index in [1.807, 2.05) is 0 Å². The Bertz CT molecular complexity index is 1060. The molecule has 156 valence electrons. The van der Waals surface area contributed by atoms with Gasteiger partial charge in [-0.3, -0.25) is 9.59 Å². The highest BCUT2D eigenvalue weighted by Crippen LogP contribution is 2.24. The Morgan fingerprint density at radius 3 is 2.28 bits per heavy atom. The molecule has 0 aliphatic heterocycles. The molecule has 2 N–H and O–H groups in total. The quantitative estimate of drug-likeness (QED) is 0.711. The molecule has 0 aliphatic rings. The third-order valence-corrected chi connectivity index (χ3v) is 6.16. The van der Waals surface area contributed by atoms with Crippen molar-refractivity contribution in [1.82, 2.24) is 14.9 Å². The van der Waals surface area contributed by atoms with Gasteiger partial charge in [-0.05, 0) is 35.9 Å². The molecule has 11 heteroatoms. The Morgan fingerprint density at radius 2 is 1.72 bits per heavy atom. The van der Waals surface area contributed by atoms with Crippen LogP contribution in [0.1, 0.15) is 22.0 Å². The number of sulfonamides is 1. The van der Waals surface area contributed by atoms with Gasteiger partial charge in [0.15, 0.2) is 11.6 Å². The van der Waals surface area contributed by atoms with Crippen LogP contribution in [0.5, 0.6) is 0 Å². The summed E-state index contributed by atoms with van der Waals surface area (Å²) in [4.78, 5) is 24.7. The van der Waals surface area contributed by atoms with E-state index >= 15 is 0 Å². The molecule has 0 spiro atoms. The first kappa shape index (κ1) is 22.7. The molecule has 2 aromatic carbocycles. The minimum atomic E-state index is -3.84. The molecule has 0 aliphatic carbocycles. The Hall–Kier alpha value is -2.56. The fraction of sp³-hybridized carbons (Fsp3) is 0.222. The van der Waals surface area contributed by atoms with Crippen molar-refractivity contribution in [3.8, 4) is 0 Å². The van der Waals surface area contributed by atoms with Crippen molar-refractivity contribution in [1.29, 1.82) is 0 Å². The zero-order valence-electron chi connectivity index (χ0n) is 15.7. The van der Waals surface area contributed by atoms with Crippen LogP contribution in [-0.4, -0.2) is 45.7 Å². The monoisotopic (exact) mass is 445 g/mol. The second-order valence-corrected chi connectivity index (χ2v) is 8.68. The van der Waals surface area contributed by atoms with Gasteiger partial charge >= 0.3 is 0 Å². The molecule has 1 atom stereocenters. The molecule has 2 amide bonds. The molecule has 0 heterocycles. The molecule has 2 aromatic rings. The van der Waals surface area contributed by atoms with Crippen molar-refractivity contribution < 1.29 is 26.8 Å². The lowest BCUT2D eigenvalue weighted by Crippen LogP contribution is -2.39. The molecule has 0 saturated heterocycles. The lowest BCUT2D eigenvalue weighted by atomic mass is 10.0. The summed E-state index contributed by atoms with van der Waals surface area (Å²) in [7, 11) is 0.122. The summed E-state index contributed by atoms with van der Waals surface area (Å²) in [5.41, 5.74) is -0.212. The van der Waals surface area contributed by atoms with Crippen molar-refractivity contribution in [2.45, 2.75) is 10.9 Å². The number of carbonyl (C=O) groups is 2. The smallest absolute Gasteiger partial charge is 0.253 e. The van der Waals surface area contributed by atoms with Gasteiger partial charge in [-0.25, -0.2) is 21.5 Å². The number of carbonyl (C=O) groups excluding carboxylic acids is 2. The number of nitrogens with zero attached hydrogens (tertiary/aromatic N) is 1. The molecule has 1 unspecified atom stereocenters. The van der Waals surface area contributed by atoms with Crippen LogP contribution in [0.25, 0.3) is 0 Å². The first-order valence-electron chi connectivity index (χ1n) is 8.18. The number of hydrogen-bond acceptors (Lipinski definition) is 4. The molecular weight excluding hydrogens is 428 g/mol. The van der Waals surface area contributed by atoms with E-state index in [0.29, 0.717) is 0 Å². The van der Waals surface area contributed by atoms with Crippen LogP contribution in [0.2, 0.25) is 5.02 Å². The van der Waals surface area contributed by atoms with Crippen molar-refractivity contribution in [2.75, 3.05) is 21.1 Å². The maximum atomic E-state index is 13.6. The van der Waals surface area contributed by atoms with E-state index in [1.165, 1.54) is 33.3 Å². The lowest BCUT2D eigenvalue weighted by Gasteiger charge is -2.19. The minimum Gasteiger partial charge on any atom is -0.357 e. The normalized spacial score (nSPS) is 12.5. The highest BCUT2D eigenvalue weighted by molar-refractivity contribution is 7.89. The van der Waals surface area contributed by atoms with Gasteiger partial charge < -0.3 is 10.6 Å². The average Bonchev–Trinajstić information content (AvgIpc) is 2.67. The SMILES string of the molecule is CNC(=O)C(NC(=O)c1cc(S(=O)(=O)N(C)C)ccc1Cl)c1ccc(F)c(F)c1. The van der Waals surface area contributed by atoms with Gasteiger partial charge in [0, 0.05) is 21.1 Å². The van der Waals surface area contributed by atoms with Crippen LogP contribution in [-0.2, 0) is 14.8 Å². The van der Waals surface area contributed by atoms with Crippen LogP contribution < -0.4 is 10.6 Å². The Kier molecular flexibility index (Phi) is 6.93. The summed E-state index contributed by atoms with van der Waals surface area (Å²) in [6.07, 6.45) is 0. The van der Waals surface area contributed by atoms with E-state index in [0.717, 1.165) is 28.6 Å². The number of rotatable bonds is 6. The summed E-state index contributed by atoms with van der Waals surface area (Å²) >= 11 is 6.03. The molecule has 0 saturated carbocycles. The highest BCUT2D eigenvalue weighted by Gasteiger charge is 2.26. The number of halogens is 3. The molecule has 0 radical (unpaired) electrons. The summed E-state index contributed by atoms with van der Waals surface area (Å²) < 4.78 is 52.3. The van der Waals surface area contributed by atoms with Crippen molar-refractivity contribution >= 4 is 33.4 Å². The van der Waals surface area contributed by atoms with E-state index < -0.39 is 39.5 Å². The molecule has 0 aromatic heterocycles. The molecule has 2 rings (SSSR count). The van der Waals surface area contributed by atoms with Crippen LogP contribution in [0.15, 0.2) is 41.3 Å². The van der Waals surface area contributed by atoms with Gasteiger partial charge in [0.25, 0.3) is 5.91 Å². The summed E-state index contributed by atoms with van der Waals surface area (Å²) in [5, 5.41) is 4.62. The molecule has 0 fully saturated rings. The van der Waals surface area contributed by atoms with Crippen LogP contribution in [0.4, 0.5) is 8.78 Å². The van der Waals surface area contributed by atoms with Crippen molar-refractivity contribution in [2.24, 2.45) is 0 Å². The summed E-state index contributed by atoms with van der Waals surface area (Å²) in [6, 6.07) is 4.92. The largest absolute Gasteiger partial charge is 0.357 e. The van der Waals surface area contributed by atoms with Crippen LogP contribution in [0.3, 0.4) is 0 Å². The van der Waals surface area contributed by atoms with E-state index in [4.69, 9.17) is 11.6 Å². The van der Waals surface area contributed by atoms with Gasteiger partial charge in [0.2, 0.25) is 15.9 Å². The molecular formula is C18H18ClF2N3O4S. The molecule has 0 bridgehead atoms. The first-order valence-corrected chi connectivity index (χ1v) is 10.00. The van der Waals surface area contributed by atoms with E-state index in [2.05, 4.69) is 10.6 Å². The topological polar surface area (TPSA) is 95.6 Å². The average molecular weight is 446 g/mol. The fourth-order valence-electron chi connectivity index (χ4n) is 2.40. The number of likely N-dealkylation sites (N-methyl/N-ethyl adjacent to an activating group) is 1. The minimum absolute atomic E-state index is 0.00945. The fourth-order valence-corrected chi connectivity index (χ4v) is 3.53. The van der Waals surface area contributed by atoms with E-state index in [-0.39, 0.29) is 21.0 Å². The lowest BCUT2D eigenvalue weighted by molar-refractivity contribution is -0.122. The summed E-state index contributed by atoms with van der Waals surface area (Å²) in [5.74, 6) is -3.87. The van der Waals surface area contributed by atoms with Gasteiger partial charge in [-0.1, -0.05) is 17.7 Å². The predicted molar refractivity (Wildman–Crippen MR) is 103 cm³/mol. The van der Waals surface area contributed by atoms with Crippen LogP contribution >= 0.6 is 11.6 Å². The molecule has 7 nitrogen and oxygen atoms in total. The van der Waals surface area contributed by atoms with Crippen molar-refractivity contribution in [3.63, 3.8) is 0 Å². The zero-order valence-corrected chi connectivity index (χ0v) is 17.2. The first-order chi connectivity index (χ1) is 13.5. The maximum absolute atomic E-state index is 13.6. The third kappa shape index (κ3) is 4.89. The van der Waals surface area contributed by atoms with E-state index in [9.17, 15) is 26.8 Å². The maximum Gasteiger partial charge on any atom is 0.253 e. The number of hydrogen-bond donors (Lipinski definition) is 2. The third-order valence-electron chi connectivity index (χ3n) is 4.02. The van der Waals surface area contributed by atoms with Gasteiger partial charge in [0.05, 0.1) is 15.5 Å².